The predicted octanol–water partition coefficient (Wildman–Crippen LogP) is 6.76. The molecule has 0 unspecified atom stereocenters. The van der Waals surface area contributed by atoms with E-state index in [1.54, 1.807) is 24.2 Å². The molecule has 0 bridgehead atoms. The molecule has 168 valence electrons. The third kappa shape index (κ3) is 4.49. The number of nitrogens with one attached hydrogen (secondary N) is 1. The van der Waals surface area contributed by atoms with Crippen LogP contribution in [0.4, 0.5) is 0 Å². The summed E-state index contributed by atoms with van der Waals surface area (Å²) < 4.78 is 11.3. The molecule has 0 radical (unpaired) electrons. The molecule has 2 fully saturated rings. The highest BCUT2D eigenvalue weighted by Gasteiger charge is 2.41. The summed E-state index contributed by atoms with van der Waals surface area (Å²) in [5.74, 6) is 0.554. The van der Waals surface area contributed by atoms with Crippen molar-refractivity contribution in [2.45, 2.75) is 25.5 Å². The number of halogens is 5. The Bertz CT molecular complexity index is 1140. The molecule has 1 heterocycles. The van der Waals surface area contributed by atoms with Crippen LogP contribution in [0.5, 0.6) is 11.5 Å². The van der Waals surface area contributed by atoms with Crippen LogP contribution in [-0.4, -0.2) is 29.1 Å². The number of benzene rings is 2. The number of rotatable bonds is 6. The standard InChI is InChI=1S/C21H15Cl5N2O3S/c1-30-13-5-2-9(7-12-20(29)28(11-3-4-11)21(32)27-12)6-10(13)8-31-19-17(25)15(23)14(22)16(24)18(19)26/h2,5-7,11H,3-4,8H2,1H3,(H,27,32)/b12-7+. The molecule has 1 amide bonds. The average Bonchev–Trinajstić information content (AvgIpc) is 3.57. The van der Waals surface area contributed by atoms with E-state index in [4.69, 9.17) is 79.7 Å². The Morgan fingerprint density at radius 3 is 2.31 bits per heavy atom. The number of hydrogen-bond donors (Lipinski definition) is 1. The van der Waals surface area contributed by atoms with Crippen molar-refractivity contribution < 1.29 is 14.3 Å². The molecular formula is C21H15Cl5N2O3S. The third-order valence-electron chi connectivity index (χ3n) is 4.98. The van der Waals surface area contributed by atoms with Crippen LogP contribution in [0, 0.1) is 0 Å². The molecule has 32 heavy (non-hydrogen) atoms. The van der Waals surface area contributed by atoms with Crippen LogP contribution in [0.3, 0.4) is 0 Å². The minimum atomic E-state index is -0.130. The van der Waals surface area contributed by atoms with Gasteiger partial charge in [-0.25, -0.2) is 0 Å². The summed E-state index contributed by atoms with van der Waals surface area (Å²) in [6, 6.07) is 5.61. The van der Waals surface area contributed by atoms with Crippen molar-refractivity contribution in [2.75, 3.05) is 7.11 Å². The van der Waals surface area contributed by atoms with E-state index in [1.807, 2.05) is 12.1 Å². The van der Waals surface area contributed by atoms with Crippen LogP contribution in [0.15, 0.2) is 23.9 Å². The minimum Gasteiger partial charge on any atom is -0.496 e. The van der Waals surface area contributed by atoms with Crippen molar-refractivity contribution in [2.24, 2.45) is 0 Å². The van der Waals surface area contributed by atoms with E-state index in [0.717, 1.165) is 18.4 Å². The Kier molecular flexibility index (Phi) is 7.01. The highest BCUT2D eigenvalue weighted by atomic mass is 35.5. The first-order valence-corrected chi connectivity index (χ1v) is 11.7. The summed E-state index contributed by atoms with van der Waals surface area (Å²) in [4.78, 5) is 14.3. The second-order valence-corrected chi connectivity index (χ2v) is 9.43. The van der Waals surface area contributed by atoms with Gasteiger partial charge in [-0.1, -0.05) is 64.1 Å². The van der Waals surface area contributed by atoms with Gasteiger partial charge in [0.1, 0.15) is 28.1 Å². The molecule has 11 heteroatoms. The van der Waals surface area contributed by atoms with E-state index in [-0.39, 0.29) is 49.4 Å². The van der Waals surface area contributed by atoms with Crippen molar-refractivity contribution in [3.63, 3.8) is 0 Å². The number of thiocarbonyl (C=S) groups is 1. The summed E-state index contributed by atoms with van der Waals surface area (Å²) >= 11 is 36.0. The van der Waals surface area contributed by atoms with Crippen molar-refractivity contribution >= 4 is 87.3 Å². The average molecular weight is 553 g/mol. The molecule has 1 aliphatic heterocycles. The van der Waals surface area contributed by atoms with E-state index in [2.05, 4.69) is 5.32 Å². The molecule has 1 saturated heterocycles. The maximum atomic E-state index is 12.7. The Morgan fingerprint density at radius 1 is 1.09 bits per heavy atom. The monoisotopic (exact) mass is 550 g/mol. The molecule has 1 saturated carbocycles. The zero-order valence-electron chi connectivity index (χ0n) is 16.5. The lowest BCUT2D eigenvalue weighted by Gasteiger charge is -2.15. The lowest BCUT2D eigenvalue weighted by Crippen LogP contribution is -2.32. The van der Waals surface area contributed by atoms with Crippen LogP contribution in [0.25, 0.3) is 6.08 Å². The fraction of sp³-hybridized carbons (Fsp3) is 0.238. The van der Waals surface area contributed by atoms with Crippen molar-refractivity contribution in [3.8, 4) is 11.5 Å². The molecule has 0 aromatic heterocycles. The number of nitrogens with zero attached hydrogens (tertiary/aromatic N) is 1. The van der Waals surface area contributed by atoms with Gasteiger partial charge in [-0.15, -0.1) is 0 Å². The fourth-order valence-electron chi connectivity index (χ4n) is 3.24. The van der Waals surface area contributed by atoms with E-state index in [1.165, 1.54) is 0 Å². The van der Waals surface area contributed by atoms with Gasteiger partial charge in [0.25, 0.3) is 5.91 Å². The number of amides is 1. The Morgan fingerprint density at radius 2 is 1.72 bits per heavy atom. The highest BCUT2D eigenvalue weighted by molar-refractivity contribution is 7.80. The SMILES string of the molecule is COc1ccc(/C=C2/NC(=S)N(C3CC3)C2=O)cc1COc1c(Cl)c(Cl)c(Cl)c(Cl)c1Cl. The van der Waals surface area contributed by atoms with Crippen molar-refractivity contribution in [3.05, 3.63) is 60.1 Å². The number of carbonyl (C=O) groups is 1. The predicted molar refractivity (Wildman–Crippen MR) is 132 cm³/mol. The van der Waals surface area contributed by atoms with Crippen LogP contribution >= 0.6 is 70.2 Å². The maximum Gasteiger partial charge on any atom is 0.276 e. The normalized spacial score (nSPS) is 17.2. The molecule has 5 nitrogen and oxygen atoms in total. The first-order chi connectivity index (χ1) is 15.2. The van der Waals surface area contributed by atoms with E-state index in [0.29, 0.717) is 22.1 Å². The second-order valence-electron chi connectivity index (χ2n) is 7.15. The molecule has 4 rings (SSSR count). The number of methoxy groups -OCH3 is 1. The van der Waals surface area contributed by atoms with E-state index in [9.17, 15) is 4.79 Å². The van der Waals surface area contributed by atoms with Gasteiger partial charge in [-0.3, -0.25) is 9.69 Å². The van der Waals surface area contributed by atoms with Crippen LogP contribution in [0.1, 0.15) is 24.0 Å². The molecule has 1 N–H and O–H groups in total. The second kappa shape index (κ2) is 9.45. The molecule has 0 atom stereocenters. The highest BCUT2D eigenvalue weighted by Crippen LogP contribution is 2.48. The Balaban J connectivity index is 1.60. The van der Waals surface area contributed by atoms with Gasteiger partial charge in [-0.2, -0.15) is 0 Å². The van der Waals surface area contributed by atoms with Crippen LogP contribution in [0.2, 0.25) is 25.1 Å². The molecule has 2 aromatic carbocycles. The van der Waals surface area contributed by atoms with E-state index < -0.39 is 0 Å². The van der Waals surface area contributed by atoms with Crippen LogP contribution < -0.4 is 14.8 Å². The summed E-state index contributed by atoms with van der Waals surface area (Å²) in [6.45, 7) is 0.0436. The smallest absolute Gasteiger partial charge is 0.276 e. The van der Waals surface area contributed by atoms with Crippen molar-refractivity contribution in [1.82, 2.24) is 10.2 Å². The molecular weight excluding hydrogens is 538 g/mol. The largest absolute Gasteiger partial charge is 0.496 e. The third-order valence-corrected chi connectivity index (χ3v) is 7.52. The van der Waals surface area contributed by atoms with Gasteiger partial charge in [0, 0.05) is 11.6 Å². The molecule has 0 spiro atoms. The molecule has 2 aliphatic rings. The quantitative estimate of drug-likeness (QED) is 0.186. The minimum absolute atomic E-state index is 0.0436. The number of hydrogen-bond acceptors (Lipinski definition) is 4. The van der Waals surface area contributed by atoms with Gasteiger partial charge < -0.3 is 14.8 Å². The van der Waals surface area contributed by atoms with Crippen LogP contribution in [-0.2, 0) is 11.4 Å². The Labute approximate surface area is 215 Å². The van der Waals surface area contributed by atoms with Gasteiger partial charge in [0.2, 0.25) is 0 Å². The number of ether oxygens (including phenoxy) is 2. The van der Waals surface area contributed by atoms with Gasteiger partial charge >= 0.3 is 0 Å². The van der Waals surface area contributed by atoms with E-state index >= 15 is 0 Å². The summed E-state index contributed by atoms with van der Waals surface area (Å²) in [7, 11) is 1.54. The lowest BCUT2D eigenvalue weighted by molar-refractivity contribution is -0.122. The topological polar surface area (TPSA) is 50.8 Å². The zero-order chi connectivity index (χ0) is 23.2. The zero-order valence-corrected chi connectivity index (χ0v) is 21.1. The first kappa shape index (κ1) is 23.7. The Hall–Kier alpha value is -1.41. The summed E-state index contributed by atoms with van der Waals surface area (Å²) in [5, 5.41) is 3.67. The molecule has 1 aliphatic carbocycles. The van der Waals surface area contributed by atoms with Gasteiger partial charge in [-0.05, 0) is 48.8 Å². The fourth-order valence-corrected chi connectivity index (χ4v) is 4.81. The number of carbonyl (C=O) groups excluding carboxylic acids is 1. The maximum absolute atomic E-state index is 12.7. The van der Waals surface area contributed by atoms with Crippen molar-refractivity contribution in [1.29, 1.82) is 0 Å². The summed E-state index contributed by atoms with van der Waals surface area (Å²) in [5.41, 5.74) is 1.86. The first-order valence-electron chi connectivity index (χ1n) is 9.40. The molecule has 2 aromatic rings. The summed E-state index contributed by atoms with van der Waals surface area (Å²) in [6.07, 6.45) is 3.67. The van der Waals surface area contributed by atoms with Gasteiger partial charge in [0.15, 0.2) is 10.9 Å². The van der Waals surface area contributed by atoms with Gasteiger partial charge in [0.05, 0.1) is 22.2 Å². The lowest BCUT2D eigenvalue weighted by atomic mass is 10.1.